The zero-order chi connectivity index (χ0) is 23.8. The number of nitrogens with zero attached hydrogens (tertiary/aromatic N) is 1. The number of anilines is 2. The molecule has 1 saturated heterocycles. The second-order valence-corrected chi connectivity index (χ2v) is 9.32. The Balaban J connectivity index is 1.35. The van der Waals surface area contributed by atoms with Crippen LogP contribution in [0.2, 0.25) is 5.02 Å². The number of nitrogens with one attached hydrogen (secondary N) is 2. The molecule has 0 radical (unpaired) electrons. The van der Waals surface area contributed by atoms with Gasteiger partial charge in [-0.2, -0.15) is 13.2 Å². The number of alkyl halides is 3. The van der Waals surface area contributed by atoms with Crippen molar-refractivity contribution in [2.75, 3.05) is 23.7 Å². The van der Waals surface area contributed by atoms with Crippen LogP contribution in [0.5, 0.6) is 0 Å². The summed E-state index contributed by atoms with van der Waals surface area (Å²) in [6, 6.07) is 10.4. The number of benzene rings is 2. The SMILES string of the molecule is O=C(Nc1ccc(Cl)c(C(F)(F)F)c1)C1CCN(C(=O)C2Sc3ccccc3NC2=O)CC1. The van der Waals surface area contributed by atoms with E-state index in [1.165, 1.54) is 17.8 Å². The van der Waals surface area contributed by atoms with E-state index in [4.69, 9.17) is 11.6 Å². The van der Waals surface area contributed by atoms with Gasteiger partial charge in [0.2, 0.25) is 17.7 Å². The van der Waals surface area contributed by atoms with Crippen LogP contribution in [0, 0.1) is 5.92 Å². The molecule has 0 bridgehead atoms. The smallest absolute Gasteiger partial charge is 0.341 e. The van der Waals surface area contributed by atoms with Gasteiger partial charge in [0.15, 0.2) is 5.25 Å². The topological polar surface area (TPSA) is 78.5 Å². The molecule has 1 atom stereocenters. The van der Waals surface area contributed by atoms with Crippen LogP contribution in [0.4, 0.5) is 24.5 Å². The molecule has 0 aliphatic carbocycles. The van der Waals surface area contributed by atoms with Gasteiger partial charge in [0, 0.05) is 29.6 Å². The van der Waals surface area contributed by atoms with Crippen molar-refractivity contribution in [2.45, 2.75) is 29.2 Å². The van der Waals surface area contributed by atoms with Crippen molar-refractivity contribution in [1.82, 2.24) is 4.90 Å². The summed E-state index contributed by atoms with van der Waals surface area (Å²) in [4.78, 5) is 40.3. The highest BCUT2D eigenvalue weighted by atomic mass is 35.5. The number of amides is 3. The highest BCUT2D eigenvalue weighted by Crippen LogP contribution is 2.38. The van der Waals surface area contributed by atoms with E-state index < -0.39 is 33.8 Å². The average Bonchev–Trinajstić information content (AvgIpc) is 2.78. The molecule has 1 fully saturated rings. The number of hydrogen-bond acceptors (Lipinski definition) is 4. The largest absolute Gasteiger partial charge is 0.417 e. The van der Waals surface area contributed by atoms with Crippen molar-refractivity contribution in [1.29, 1.82) is 0 Å². The lowest BCUT2D eigenvalue weighted by molar-refractivity contribution is -0.137. The molecule has 2 aliphatic heterocycles. The Kier molecular flexibility index (Phi) is 6.58. The molecular formula is C22H19ClF3N3O3S. The second kappa shape index (κ2) is 9.26. The van der Waals surface area contributed by atoms with Gasteiger partial charge in [-0.05, 0) is 43.2 Å². The van der Waals surface area contributed by atoms with Crippen molar-refractivity contribution < 1.29 is 27.6 Å². The molecule has 6 nitrogen and oxygen atoms in total. The molecule has 0 saturated carbocycles. The second-order valence-electron chi connectivity index (χ2n) is 7.76. The number of carbonyl (C=O) groups is 3. The number of likely N-dealkylation sites (tertiary alicyclic amines) is 1. The zero-order valence-corrected chi connectivity index (χ0v) is 18.7. The van der Waals surface area contributed by atoms with Gasteiger partial charge < -0.3 is 15.5 Å². The number of piperidine rings is 1. The van der Waals surface area contributed by atoms with Gasteiger partial charge in [0.1, 0.15) is 0 Å². The summed E-state index contributed by atoms with van der Waals surface area (Å²) in [6.07, 6.45) is -3.95. The van der Waals surface area contributed by atoms with Crippen molar-refractivity contribution in [3.8, 4) is 0 Å². The molecule has 2 N–H and O–H groups in total. The third kappa shape index (κ3) is 5.11. The lowest BCUT2D eigenvalue weighted by Gasteiger charge is -2.34. The summed E-state index contributed by atoms with van der Waals surface area (Å²) in [5.41, 5.74) is -0.348. The average molecular weight is 498 g/mol. The molecule has 0 spiro atoms. The summed E-state index contributed by atoms with van der Waals surface area (Å²) in [7, 11) is 0. The van der Waals surface area contributed by atoms with E-state index in [-0.39, 0.29) is 30.6 Å². The van der Waals surface area contributed by atoms with Gasteiger partial charge >= 0.3 is 6.18 Å². The van der Waals surface area contributed by atoms with Crippen LogP contribution in [-0.2, 0) is 20.6 Å². The highest BCUT2D eigenvalue weighted by Gasteiger charge is 2.38. The molecule has 174 valence electrons. The third-order valence-corrected chi connectivity index (χ3v) is 7.16. The summed E-state index contributed by atoms with van der Waals surface area (Å²) in [5.74, 6) is -1.59. The summed E-state index contributed by atoms with van der Waals surface area (Å²) in [5, 5.41) is 3.90. The van der Waals surface area contributed by atoms with Gasteiger partial charge in [0.05, 0.1) is 16.3 Å². The molecule has 2 aromatic rings. The fraction of sp³-hybridized carbons (Fsp3) is 0.318. The van der Waals surface area contributed by atoms with Gasteiger partial charge in [0.25, 0.3) is 0 Å². The number of hydrogen-bond donors (Lipinski definition) is 2. The van der Waals surface area contributed by atoms with Crippen LogP contribution in [0.1, 0.15) is 18.4 Å². The van der Waals surface area contributed by atoms with Crippen LogP contribution in [-0.4, -0.2) is 41.0 Å². The van der Waals surface area contributed by atoms with E-state index in [0.717, 1.165) is 17.0 Å². The molecule has 3 amide bonds. The molecular weight excluding hydrogens is 479 g/mol. The number of halogens is 4. The van der Waals surface area contributed by atoms with E-state index in [9.17, 15) is 27.6 Å². The maximum atomic E-state index is 13.0. The van der Waals surface area contributed by atoms with Crippen LogP contribution in [0.3, 0.4) is 0 Å². The predicted octanol–water partition coefficient (Wildman–Crippen LogP) is 4.65. The molecule has 11 heteroatoms. The number of rotatable bonds is 3. The molecule has 2 aromatic carbocycles. The number of carbonyl (C=O) groups excluding carboxylic acids is 3. The Labute approximate surface area is 196 Å². The minimum atomic E-state index is -4.63. The first-order valence-corrected chi connectivity index (χ1v) is 11.4. The van der Waals surface area contributed by atoms with Crippen molar-refractivity contribution in [2.24, 2.45) is 5.92 Å². The fourth-order valence-electron chi connectivity index (χ4n) is 3.81. The summed E-state index contributed by atoms with van der Waals surface area (Å²) in [6.45, 7) is 0.550. The van der Waals surface area contributed by atoms with Crippen molar-refractivity contribution >= 4 is 52.5 Å². The quantitative estimate of drug-likeness (QED) is 0.605. The Morgan fingerprint density at radius 2 is 1.82 bits per heavy atom. The van der Waals surface area contributed by atoms with E-state index in [1.54, 1.807) is 17.0 Å². The first-order chi connectivity index (χ1) is 15.6. The lowest BCUT2D eigenvalue weighted by atomic mass is 9.95. The highest BCUT2D eigenvalue weighted by molar-refractivity contribution is 8.01. The Hall–Kier alpha value is -2.72. The minimum absolute atomic E-state index is 0.00386. The Bertz CT molecular complexity index is 1100. The predicted molar refractivity (Wildman–Crippen MR) is 119 cm³/mol. The number of thioether (sulfide) groups is 1. The van der Waals surface area contributed by atoms with Gasteiger partial charge in [-0.1, -0.05) is 23.7 Å². The molecule has 4 rings (SSSR count). The van der Waals surface area contributed by atoms with Crippen LogP contribution < -0.4 is 10.6 Å². The Morgan fingerprint density at radius 1 is 1.12 bits per heavy atom. The van der Waals surface area contributed by atoms with E-state index in [1.807, 2.05) is 12.1 Å². The lowest BCUT2D eigenvalue weighted by Crippen LogP contribution is -2.48. The van der Waals surface area contributed by atoms with E-state index >= 15 is 0 Å². The maximum Gasteiger partial charge on any atom is 0.417 e. The van der Waals surface area contributed by atoms with Crippen molar-refractivity contribution in [3.63, 3.8) is 0 Å². The monoisotopic (exact) mass is 497 g/mol. The molecule has 2 heterocycles. The minimum Gasteiger partial charge on any atom is -0.341 e. The normalized spacial score (nSPS) is 19.0. The number of fused-ring (bicyclic) bond motifs is 1. The van der Waals surface area contributed by atoms with Crippen LogP contribution >= 0.6 is 23.4 Å². The number of para-hydroxylation sites is 1. The van der Waals surface area contributed by atoms with Gasteiger partial charge in [-0.15, -0.1) is 11.8 Å². The van der Waals surface area contributed by atoms with Crippen LogP contribution in [0.15, 0.2) is 47.4 Å². The first kappa shape index (κ1) is 23.4. The van der Waals surface area contributed by atoms with Gasteiger partial charge in [-0.25, -0.2) is 0 Å². The summed E-state index contributed by atoms with van der Waals surface area (Å²) < 4.78 is 39.1. The van der Waals surface area contributed by atoms with Gasteiger partial charge in [-0.3, -0.25) is 14.4 Å². The fourth-order valence-corrected chi connectivity index (χ4v) is 5.10. The summed E-state index contributed by atoms with van der Waals surface area (Å²) >= 11 is 6.81. The van der Waals surface area contributed by atoms with E-state index in [2.05, 4.69) is 10.6 Å². The standard InChI is InChI=1S/C22H19ClF3N3O3S/c23-15-6-5-13(11-14(15)22(24,25)26)27-19(30)12-7-9-29(10-8-12)21(32)18-20(31)28-16-3-1-2-4-17(16)33-18/h1-6,11-12,18H,7-10H2,(H,27,30)(H,28,31). The molecule has 33 heavy (non-hydrogen) atoms. The third-order valence-electron chi connectivity index (χ3n) is 5.57. The Morgan fingerprint density at radius 3 is 2.52 bits per heavy atom. The van der Waals surface area contributed by atoms with Crippen molar-refractivity contribution in [3.05, 3.63) is 53.1 Å². The molecule has 1 unspecified atom stereocenters. The first-order valence-electron chi connectivity index (χ1n) is 10.2. The van der Waals surface area contributed by atoms with E-state index in [0.29, 0.717) is 18.5 Å². The zero-order valence-electron chi connectivity index (χ0n) is 17.1. The molecule has 0 aromatic heterocycles. The molecule has 2 aliphatic rings. The van der Waals surface area contributed by atoms with Crippen LogP contribution in [0.25, 0.3) is 0 Å². The maximum absolute atomic E-state index is 13.0.